The van der Waals surface area contributed by atoms with Crippen molar-refractivity contribution in [1.29, 1.82) is 0 Å². The van der Waals surface area contributed by atoms with Crippen LogP contribution in [0.25, 0.3) is 0 Å². The first-order valence-corrected chi connectivity index (χ1v) is 7.14. The van der Waals surface area contributed by atoms with Crippen molar-refractivity contribution in [3.05, 3.63) is 35.1 Å². The molecule has 0 amide bonds. The Morgan fingerprint density at radius 3 is 2.15 bits per heavy atom. The van der Waals surface area contributed by atoms with E-state index in [1.54, 1.807) is 0 Å². The van der Waals surface area contributed by atoms with Gasteiger partial charge in [-0.05, 0) is 49.9 Å². The van der Waals surface area contributed by atoms with Gasteiger partial charge in [-0.3, -0.25) is 4.90 Å². The molecule has 2 rings (SSSR count). The van der Waals surface area contributed by atoms with Gasteiger partial charge in [0.2, 0.25) is 0 Å². The molecule has 1 aromatic carbocycles. The van der Waals surface area contributed by atoms with Crippen molar-refractivity contribution < 1.29 is 13.2 Å². The summed E-state index contributed by atoms with van der Waals surface area (Å²) in [5, 5.41) is 0. The lowest BCUT2D eigenvalue weighted by Gasteiger charge is -2.35. The highest BCUT2D eigenvalue weighted by molar-refractivity contribution is 5.19. The predicted molar refractivity (Wildman–Crippen MR) is 72.6 cm³/mol. The minimum Gasteiger partial charge on any atom is -0.328 e. The largest absolute Gasteiger partial charge is 0.328 e. The van der Waals surface area contributed by atoms with Crippen molar-refractivity contribution in [2.45, 2.75) is 51.2 Å². The Kier molecular flexibility index (Phi) is 5.05. The molecule has 5 heteroatoms. The van der Waals surface area contributed by atoms with E-state index in [1.165, 1.54) is 0 Å². The minimum absolute atomic E-state index is 0.269. The summed E-state index contributed by atoms with van der Waals surface area (Å²) >= 11 is 0. The van der Waals surface area contributed by atoms with Gasteiger partial charge < -0.3 is 5.73 Å². The van der Waals surface area contributed by atoms with E-state index in [4.69, 9.17) is 5.73 Å². The lowest BCUT2D eigenvalue weighted by molar-refractivity contribution is 0.149. The van der Waals surface area contributed by atoms with Crippen molar-refractivity contribution in [2.75, 3.05) is 6.54 Å². The average molecular weight is 286 g/mol. The summed E-state index contributed by atoms with van der Waals surface area (Å²) in [4.78, 5) is 2.18. The first-order valence-electron chi connectivity index (χ1n) is 7.14. The maximum atomic E-state index is 13.2. The zero-order valence-electron chi connectivity index (χ0n) is 11.7. The van der Waals surface area contributed by atoms with E-state index in [0.29, 0.717) is 18.2 Å². The molecule has 0 radical (unpaired) electrons. The molecule has 0 bridgehead atoms. The highest BCUT2D eigenvalue weighted by atomic mass is 19.2. The standard InChI is InChI=1S/C15H21F3N2/c1-2-20(12-5-3-11(19)4-6-12)9-10-7-13(16)15(18)14(17)8-10/h7-8,11-12H,2-6,9,19H2,1H3. The molecule has 1 aliphatic carbocycles. The van der Waals surface area contributed by atoms with Gasteiger partial charge in [0, 0.05) is 18.6 Å². The Morgan fingerprint density at radius 1 is 1.10 bits per heavy atom. The summed E-state index contributed by atoms with van der Waals surface area (Å²) in [5.41, 5.74) is 6.36. The maximum absolute atomic E-state index is 13.2. The molecule has 1 aromatic rings. The van der Waals surface area contributed by atoms with Crippen molar-refractivity contribution >= 4 is 0 Å². The van der Waals surface area contributed by atoms with Crippen molar-refractivity contribution in [2.24, 2.45) is 5.73 Å². The Labute approximate surface area is 117 Å². The molecule has 2 N–H and O–H groups in total. The van der Waals surface area contributed by atoms with Crippen LogP contribution in [0.3, 0.4) is 0 Å². The number of rotatable bonds is 4. The fourth-order valence-electron chi connectivity index (χ4n) is 2.90. The molecule has 1 fully saturated rings. The molecule has 0 aliphatic heterocycles. The van der Waals surface area contributed by atoms with Crippen LogP contribution in [0.4, 0.5) is 13.2 Å². The van der Waals surface area contributed by atoms with Crippen molar-refractivity contribution in [3.63, 3.8) is 0 Å². The normalized spacial score (nSPS) is 23.3. The number of hydrogen-bond donors (Lipinski definition) is 1. The monoisotopic (exact) mass is 286 g/mol. The maximum Gasteiger partial charge on any atom is 0.194 e. The molecule has 1 aliphatic rings. The van der Waals surface area contributed by atoms with Gasteiger partial charge in [-0.2, -0.15) is 0 Å². The SMILES string of the molecule is CCN(Cc1cc(F)c(F)c(F)c1)C1CCC(N)CC1. The first kappa shape index (κ1) is 15.3. The van der Waals surface area contributed by atoms with Gasteiger partial charge in [0.15, 0.2) is 17.5 Å². The molecule has 0 aromatic heterocycles. The van der Waals surface area contributed by atoms with Gasteiger partial charge in [-0.25, -0.2) is 13.2 Å². The first-order chi connectivity index (χ1) is 9.51. The predicted octanol–water partition coefficient (Wildman–Crippen LogP) is 3.20. The second-order valence-electron chi connectivity index (χ2n) is 5.51. The number of halogens is 3. The fourth-order valence-corrected chi connectivity index (χ4v) is 2.90. The third kappa shape index (κ3) is 3.52. The van der Waals surface area contributed by atoms with Gasteiger partial charge in [-0.15, -0.1) is 0 Å². The fraction of sp³-hybridized carbons (Fsp3) is 0.600. The zero-order valence-corrected chi connectivity index (χ0v) is 11.7. The number of nitrogens with two attached hydrogens (primary N) is 1. The Hall–Kier alpha value is -1.07. The summed E-state index contributed by atoms with van der Waals surface area (Å²) in [5.74, 6) is -3.65. The van der Waals surface area contributed by atoms with Crippen LogP contribution in [-0.2, 0) is 6.54 Å². The van der Waals surface area contributed by atoms with Gasteiger partial charge in [-0.1, -0.05) is 6.92 Å². The zero-order chi connectivity index (χ0) is 14.7. The van der Waals surface area contributed by atoms with Gasteiger partial charge in [0.05, 0.1) is 0 Å². The van der Waals surface area contributed by atoms with E-state index in [-0.39, 0.29) is 6.04 Å². The highest BCUT2D eigenvalue weighted by Gasteiger charge is 2.24. The number of hydrogen-bond acceptors (Lipinski definition) is 2. The minimum atomic E-state index is -1.40. The lowest BCUT2D eigenvalue weighted by atomic mass is 9.90. The van der Waals surface area contributed by atoms with Crippen LogP contribution in [-0.4, -0.2) is 23.5 Å². The third-order valence-corrected chi connectivity index (χ3v) is 4.09. The molecule has 0 spiro atoms. The average Bonchev–Trinajstić information content (AvgIpc) is 2.43. The molecule has 2 nitrogen and oxygen atoms in total. The van der Waals surface area contributed by atoms with Gasteiger partial charge in [0.25, 0.3) is 0 Å². The smallest absolute Gasteiger partial charge is 0.194 e. The van der Waals surface area contributed by atoms with Crippen LogP contribution in [0.1, 0.15) is 38.2 Å². The molecule has 0 saturated heterocycles. The Bertz CT molecular complexity index is 433. The van der Waals surface area contributed by atoms with Crippen LogP contribution in [0.2, 0.25) is 0 Å². The Morgan fingerprint density at radius 2 is 1.65 bits per heavy atom. The molecule has 1 saturated carbocycles. The molecule has 0 unspecified atom stereocenters. The van der Waals surface area contributed by atoms with E-state index < -0.39 is 17.5 Å². The van der Waals surface area contributed by atoms with E-state index in [0.717, 1.165) is 44.4 Å². The summed E-state index contributed by atoms with van der Waals surface area (Å²) in [6.45, 7) is 3.25. The second-order valence-corrected chi connectivity index (χ2v) is 5.51. The molecular formula is C15H21F3N2. The van der Waals surface area contributed by atoms with Crippen LogP contribution in [0, 0.1) is 17.5 Å². The third-order valence-electron chi connectivity index (χ3n) is 4.09. The van der Waals surface area contributed by atoms with Gasteiger partial charge in [0.1, 0.15) is 0 Å². The molecule has 0 atom stereocenters. The number of nitrogens with zero attached hydrogens (tertiary/aromatic N) is 1. The van der Waals surface area contributed by atoms with E-state index in [9.17, 15) is 13.2 Å². The van der Waals surface area contributed by atoms with E-state index in [2.05, 4.69) is 4.90 Å². The van der Waals surface area contributed by atoms with E-state index >= 15 is 0 Å². The van der Waals surface area contributed by atoms with Crippen molar-refractivity contribution in [3.8, 4) is 0 Å². The lowest BCUT2D eigenvalue weighted by Crippen LogP contribution is -2.40. The quantitative estimate of drug-likeness (QED) is 0.861. The van der Waals surface area contributed by atoms with E-state index in [1.807, 2.05) is 6.92 Å². The highest BCUT2D eigenvalue weighted by Crippen LogP contribution is 2.24. The summed E-state index contributed by atoms with van der Waals surface area (Å²) in [7, 11) is 0. The van der Waals surface area contributed by atoms with Crippen LogP contribution in [0.15, 0.2) is 12.1 Å². The molecule has 0 heterocycles. The molecule has 112 valence electrons. The second kappa shape index (κ2) is 6.59. The summed E-state index contributed by atoms with van der Waals surface area (Å²) in [6.07, 6.45) is 3.96. The van der Waals surface area contributed by atoms with Crippen LogP contribution in [0.5, 0.6) is 0 Å². The summed E-state index contributed by atoms with van der Waals surface area (Å²) < 4.78 is 39.4. The van der Waals surface area contributed by atoms with Crippen LogP contribution < -0.4 is 5.73 Å². The number of benzene rings is 1. The van der Waals surface area contributed by atoms with Gasteiger partial charge >= 0.3 is 0 Å². The molecular weight excluding hydrogens is 265 g/mol. The van der Waals surface area contributed by atoms with Crippen molar-refractivity contribution in [1.82, 2.24) is 4.90 Å². The summed E-state index contributed by atoms with van der Waals surface area (Å²) in [6, 6.07) is 2.81. The van der Waals surface area contributed by atoms with Crippen LogP contribution >= 0.6 is 0 Å². The Balaban J connectivity index is 2.06. The molecule has 20 heavy (non-hydrogen) atoms. The topological polar surface area (TPSA) is 29.3 Å².